The summed E-state index contributed by atoms with van der Waals surface area (Å²) in [5, 5.41) is 4.10. The number of hydrogen-bond acceptors (Lipinski definition) is 7. The number of carbonyl (C=O) groups excluding carboxylic acids is 2. The first-order valence-electron chi connectivity index (χ1n) is 11.3. The van der Waals surface area contributed by atoms with Gasteiger partial charge in [-0.05, 0) is 36.2 Å². The van der Waals surface area contributed by atoms with Gasteiger partial charge in [-0.3, -0.25) is 20.1 Å². The third kappa shape index (κ3) is 6.01. The molecule has 0 spiro atoms. The Hall–Kier alpha value is -3.38. The van der Waals surface area contributed by atoms with Crippen LogP contribution in [-0.4, -0.2) is 73.8 Å². The van der Waals surface area contributed by atoms with E-state index in [4.69, 9.17) is 4.74 Å². The van der Waals surface area contributed by atoms with Crippen LogP contribution in [0.25, 0.3) is 0 Å². The lowest BCUT2D eigenvalue weighted by atomic mass is 10.1. The highest BCUT2D eigenvalue weighted by atomic mass is 19.3. The van der Waals surface area contributed by atoms with Crippen LogP contribution in [0.1, 0.15) is 11.1 Å². The minimum atomic E-state index is -3.15. The Morgan fingerprint density at radius 3 is 2.86 bits per heavy atom. The molecule has 1 atom stereocenters. The lowest BCUT2D eigenvalue weighted by Crippen LogP contribution is -2.38. The fourth-order valence-electron chi connectivity index (χ4n) is 4.25. The first-order valence-corrected chi connectivity index (χ1v) is 11.3. The van der Waals surface area contributed by atoms with Crippen molar-refractivity contribution >= 4 is 23.4 Å². The average molecular weight is 493 g/mol. The van der Waals surface area contributed by atoms with E-state index < -0.39 is 30.3 Å². The summed E-state index contributed by atoms with van der Waals surface area (Å²) in [7, 11) is 0. The number of hydrazine groups is 1. The van der Waals surface area contributed by atoms with E-state index >= 15 is 4.39 Å². The van der Waals surface area contributed by atoms with Gasteiger partial charge in [0.1, 0.15) is 11.9 Å². The minimum Gasteiger partial charge on any atom is -0.442 e. The number of benzene rings is 1. The molecule has 4 rings (SSSR count). The molecule has 1 aromatic carbocycles. The van der Waals surface area contributed by atoms with Gasteiger partial charge in [-0.1, -0.05) is 6.07 Å². The van der Waals surface area contributed by atoms with Crippen LogP contribution in [0.3, 0.4) is 0 Å². The Morgan fingerprint density at radius 2 is 2.14 bits per heavy atom. The summed E-state index contributed by atoms with van der Waals surface area (Å²) in [6, 6.07) is 6.86. The number of aromatic nitrogens is 1. The number of rotatable bonds is 7. The second-order valence-corrected chi connectivity index (χ2v) is 8.43. The van der Waals surface area contributed by atoms with Gasteiger partial charge in [-0.2, -0.15) is 8.78 Å². The highest BCUT2D eigenvalue weighted by Crippen LogP contribution is 2.31. The summed E-state index contributed by atoms with van der Waals surface area (Å²) in [6.07, 6.45) is -1.14. The summed E-state index contributed by atoms with van der Waals surface area (Å²) in [4.78, 5) is 30.7. The molecule has 188 valence electrons. The largest absolute Gasteiger partial charge is 0.442 e. The highest BCUT2D eigenvalue weighted by molar-refractivity contribution is 5.90. The van der Waals surface area contributed by atoms with Crippen molar-refractivity contribution in [3.8, 4) is 0 Å². The van der Waals surface area contributed by atoms with Gasteiger partial charge in [-0.15, -0.1) is 0 Å². The molecule has 2 aliphatic heterocycles. The topological polar surface area (TPSA) is 90.0 Å². The smallest absolute Gasteiger partial charge is 0.414 e. The minimum absolute atomic E-state index is 0.0114. The first-order chi connectivity index (χ1) is 16.8. The third-order valence-corrected chi connectivity index (χ3v) is 5.90. The van der Waals surface area contributed by atoms with E-state index in [0.717, 1.165) is 5.56 Å². The number of amides is 2. The molecule has 0 bridgehead atoms. The van der Waals surface area contributed by atoms with Crippen molar-refractivity contribution < 1.29 is 27.5 Å². The van der Waals surface area contributed by atoms with Crippen LogP contribution in [0.2, 0.25) is 0 Å². The van der Waals surface area contributed by atoms with Crippen molar-refractivity contribution in [2.24, 2.45) is 0 Å². The van der Waals surface area contributed by atoms with Gasteiger partial charge in [-0.25, -0.2) is 14.2 Å². The number of hydrogen-bond donors (Lipinski definition) is 2. The number of aryl methyl sites for hydroxylation is 1. The lowest BCUT2D eigenvalue weighted by Gasteiger charge is -2.26. The monoisotopic (exact) mass is 492 g/mol. The maximum absolute atomic E-state index is 15.3. The van der Waals surface area contributed by atoms with Gasteiger partial charge in [0, 0.05) is 45.1 Å². The van der Waals surface area contributed by atoms with Crippen LogP contribution in [0, 0.1) is 12.7 Å². The summed E-state index contributed by atoms with van der Waals surface area (Å²) in [5.74, 6) is -1.90. The van der Waals surface area contributed by atoms with Crippen molar-refractivity contribution in [2.45, 2.75) is 26.0 Å². The maximum atomic E-state index is 15.3. The SMILES string of the molecule is Cc1cc(N2C[C@H](CNC(=O)C(F)F)OC2=O)cc(F)c1N1CCNN(Cc2cccnc2)CC1. The normalized spacial score (nSPS) is 19.1. The summed E-state index contributed by atoms with van der Waals surface area (Å²) in [5.41, 5.74) is 5.86. The van der Waals surface area contributed by atoms with Gasteiger partial charge in [0.25, 0.3) is 5.91 Å². The second-order valence-electron chi connectivity index (χ2n) is 8.43. The van der Waals surface area contributed by atoms with E-state index in [-0.39, 0.29) is 13.1 Å². The number of halogens is 3. The van der Waals surface area contributed by atoms with E-state index in [0.29, 0.717) is 49.7 Å². The van der Waals surface area contributed by atoms with E-state index in [1.807, 2.05) is 28.5 Å². The zero-order valence-corrected chi connectivity index (χ0v) is 19.2. The van der Waals surface area contributed by atoms with Gasteiger partial charge in [0.15, 0.2) is 0 Å². The molecule has 35 heavy (non-hydrogen) atoms. The summed E-state index contributed by atoms with van der Waals surface area (Å²) >= 11 is 0. The first kappa shape index (κ1) is 24.7. The number of carbonyl (C=O) groups is 2. The van der Waals surface area contributed by atoms with Crippen LogP contribution >= 0.6 is 0 Å². The van der Waals surface area contributed by atoms with Crippen molar-refractivity contribution in [1.29, 1.82) is 0 Å². The van der Waals surface area contributed by atoms with E-state index in [9.17, 15) is 18.4 Å². The quantitative estimate of drug-likeness (QED) is 0.612. The molecule has 2 aromatic rings. The van der Waals surface area contributed by atoms with Crippen molar-refractivity contribution in [3.05, 3.63) is 53.6 Å². The molecule has 12 heteroatoms. The standard InChI is InChI=1S/C23H27F3N6O3/c1-15-9-17(32-14-18(35-23(32)34)12-28-22(33)21(25)26)10-19(24)20(15)30-6-5-29-31(8-7-30)13-16-3-2-4-27-11-16/h2-4,9-11,18,21,29H,5-8,12-14H2,1H3,(H,28,33)/t18-/m0/s1. The van der Waals surface area contributed by atoms with Gasteiger partial charge < -0.3 is 15.0 Å². The number of alkyl halides is 2. The van der Waals surface area contributed by atoms with Gasteiger partial charge >= 0.3 is 12.5 Å². The molecule has 2 fully saturated rings. The maximum Gasteiger partial charge on any atom is 0.414 e. The van der Waals surface area contributed by atoms with Gasteiger partial charge in [0.2, 0.25) is 0 Å². The number of ether oxygens (including phenoxy) is 1. The Balaban J connectivity index is 1.40. The Labute approximate surface area is 200 Å². The van der Waals surface area contributed by atoms with Gasteiger partial charge in [0.05, 0.1) is 24.5 Å². The molecular weight excluding hydrogens is 465 g/mol. The second kappa shape index (κ2) is 10.9. The van der Waals surface area contributed by atoms with Crippen LogP contribution in [0.5, 0.6) is 0 Å². The molecule has 9 nitrogen and oxygen atoms in total. The van der Waals surface area contributed by atoms with Crippen molar-refractivity contribution in [2.75, 3.05) is 49.1 Å². The molecule has 3 heterocycles. The molecule has 0 saturated carbocycles. The molecule has 2 saturated heterocycles. The molecule has 2 aliphatic rings. The van der Waals surface area contributed by atoms with Crippen LogP contribution in [0.4, 0.5) is 29.3 Å². The molecule has 1 aromatic heterocycles. The van der Waals surface area contributed by atoms with Crippen LogP contribution in [0.15, 0.2) is 36.7 Å². The van der Waals surface area contributed by atoms with Crippen molar-refractivity contribution in [3.63, 3.8) is 0 Å². The number of cyclic esters (lactones) is 1. The Kier molecular flexibility index (Phi) is 7.71. The molecule has 0 aliphatic carbocycles. The molecular formula is C23H27F3N6O3. The van der Waals surface area contributed by atoms with Crippen molar-refractivity contribution in [1.82, 2.24) is 20.7 Å². The van der Waals surface area contributed by atoms with E-state index in [2.05, 4.69) is 15.4 Å². The predicted octanol–water partition coefficient (Wildman–Crippen LogP) is 2.06. The van der Waals surface area contributed by atoms with E-state index in [1.54, 1.807) is 19.2 Å². The summed E-state index contributed by atoms with van der Waals surface area (Å²) in [6.45, 7) is 4.71. The third-order valence-electron chi connectivity index (χ3n) is 5.90. The molecule has 0 unspecified atom stereocenters. The fourth-order valence-corrected chi connectivity index (χ4v) is 4.25. The number of nitrogens with zero attached hydrogens (tertiary/aromatic N) is 4. The average Bonchev–Trinajstić information content (AvgIpc) is 3.05. The zero-order chi connectivity index (χ0) is 24.9. The number of pyridine rings is 1. The highest BCUT2D eigenvalue weighted by Gasteiger charge is 2.34. The molecule has 2 amide bonds. The summed E-state index contributed by atoms with van der Waals surface area (Å²) < 4.78 is 45.1. The van der Waals surface area contributed by atoms with E-state index in [1.165, 1.54) is 11.0 Å². The number of nitrogens with one attached hydrogen (secondary N) is 2. The fraction of sp³-hybridized carbons (Fsp3) is 0.435. The lowest BCUT2D eigenvalue weighted by molar-refractivity contribution is -0.132. The van der Waals surface area contributed by atoms with Crippen LogP contribution in [-0.2, 0) is 16.1 Å². The Bertz CT molecular complexity index is 1040. The van der Waals surface area contributed by atoms with Crippen LogP contribution < -0.4 is 20.5 Å². The zero-order valence-electron chi connectivity index (χ0n) is 19.2. The molecule has 2 N–H and O–H groups in total. The predicted molar refractivity (Wildman–Crippen MR) is 123 cm³/mol. The Morgan fingerprint density at radius 1 is 1.31 bits per heavy atom. The molecule has 0 radical (unpaired) electrons. The number of anilines is 2.